The van der Waals surface area contributed by atoms with Crippen LogP contribution in [-0.2, 0) is 0 Å². The molecule has 0 aliphatic heterocycles. The van der Waals surface area contributed by atoms with Crippen molar-refractivity contribution >= 4 is 16.9 Å². The van der Waals surface area contributed by atoms with Gasteiger partial charge in [-0.05, 0) is 32.4 Å². The maximum absolute atomic E-state index is 4.62. The van der Waals surface area contributed by atoms with E-state index in [9.17, 15) is 0 Å². The molecule has 0 unspecified atom stereocenters. The number of benzene rings is 1. The predicted octanol–water partition coefficient (Wildman–Crippen LogP) is 2.65. The predicted molar refractivity (Wildman–Crippen MR) is 82.7 cm³/mol. The molecule has 1 N–H and O–H groups in total. The number of para-hydroxylation sites is 1. The molecule has 6 nitrogen and oxygen atoms in total. The average Bonchev–Trinajstić information content (AvgIpc) is 2.82. The average molecular weight is 282 g/mol. The van der Waals surface area contributed by atoms with Crippen LogP contribution in [0.1, 0.15) is 25.0 Å². The van der Waals surface area contributed by atoms with Crippen molar-refractivity contribution in [3.63, 3.8) is 0 Å². The molecule has 0 saturated carbocycles. The molecular formula is C15H18N6. The van der Waals surface area contributed by atoms with Crippen LogP contribution in [0, 0.1) is 13.8 Å². The highest BCUT2D eigenvalue weighted by Crippen LogP contribution is 2.21. The highest BCUT2D eigenvalue weighted by atomic mass is 15.4. The lowest BCUT2D eigenvalue weighted by Gasteiger charge is -2.10. The van der Waals surface area contributed by atoms with Crippen molar-refractivity contribution in [2.75, 3.05) is 11.9 Å². The van der Waals surface area contributed by atoms with Gasteiger partial charge in [0, 0.05) is 11.9 Å². The summed E-state index contributed by atoms with van der Waals surface area (Å²) in [4.78, 5) is 13.5. The SMILES string of the molecule is CCCNc1nc(-n2nc(C)nc2C)c2ccccc2n1. The number of hydrogen-bond donors (Lipinski definition) is 1. The Morgan fingerprint density at radius 3 is 2.62 bits per heavy atom. The van der Waals surface area contributed by atoms with E-state index in [1.165, 1.54) is 0 Å². The molecule has 0 atom stereocenters. The van der Waals surface area contributed by atoms with Crippen molar-refractivity contribution < 1.29 is 0 Å². The lowest BCUT2D eigenvalue weighted by atomic mass is 10.2. The van der Waals surface area contributed by atoms with Gasteiger partial charge in [0.05, 0.1) is 5.52 Å². The van der Waals surface area contributed by atoms with Crippen molar-refractivity contribution in [3.8, 4) is 5.82 Å². The number of fused-ring (bicyclic) bond motifs is 1. The number of aromatic nitrogens is 5. The molecule has 0 amide bonds. The van der Waals surface area contributed by atoms with E-state index in [0.29, 0.717) is 5.95 Å². The standard InChI is InChI=1S/C15H18N6/c1-4-9-16-15-18-13-8-6-5-7-12(13)14(19-15)21-11(3)17-10(2)20-21/h5-8H,4,9H2,1-3H3,(H,16,18,19). The van der Waals surface area contributed by atoms with Crippen LogP contribution in [0.4, 0.5) is 5.95 Å². The van der Waals surface area contributed by atoms with Gasteiger partial charge in [0.2, 0.25) is 5.95 Å². The molecule has 0 bridgehead atoms. The Labute approximate surface area is 123 Å². The Morgan fingerprint density at radius 2 is 1.90 bits per heavy atom. The second kappa shape index (κ2) is 5.47. The fourth-order valence-corrected chi connectivity index (χ4v) is 2.26. The normalized spacial score (nSPS) is 11.0. The molecule has 2 heterocycles. The molecule has 3 aromatic rings. The number of nitrogens with zero attached hydrogens (tertiary/aromatic N) is 5. The van der Waals surface area contributed by atoms with Crippen LogP contribution in [0.5, 0.6) is 0 Å². The van der Waals surface area contributed by atoms with Crippen molar-refractivity contribution in [1.82, 2.24) is 24.7 Å². The number of nitrogens with one attached hydrogen (secondary N) is 1. The zero-order chi connectivity index (χ0) is 14.8. The maximum Gasteiger partial charge on any atom is 0.225 e. The molecule has 108 valence electrons. The highest BCUT2D eigenvalue weighted by Gasteiger charge is 2.13. The first-order chi connectivity index (χ1) is 10.2. The third-order valence-electron chi connectivity index (χ3n) is 3.19. The number of anilines is 1. The van der Waals surface area contributed by atoms with Gasteiger partial charge in [0.1, 0.15) is 11.6 Å². The monoisotopic (exact) mass is 282 g/mol. The first-order valence-corrected chi connectivity index (χ1v) is 7.10. The first kappa shape index (κ1) is 13.5. The van der Waals surface area contributed by atoms with E-state index < -0.39 is 0 Å². The summed E-state index contributed by atoms with van der Waals surface area (Å²) in [5.74, 6) is 2.94. The smallest absolute Gasteiger partial charge is 0.225 e. The van der Waals surface area contributed by atoms with Gasteiger partial charge >= 0.3 is 0 Å². The van der Waals surface area contributed by atoms with Gasteiger partial charge in [-0.1, -0.05) is 19.1 Å². The number of rotatable bonds is 4. The van der Waals surface area contributed by atoms with Crippen LogP contribution in [0.2, 0.25) is 0 Å². The Bertz CT molecular complexity index is 777. The van der Waals surface area contributed by atoms with E-state index in [-0.39, 0.29) is 0 Å². The number of aryl methyl sites for hydroxylation is 2. The van der Waals surface area contributed by atoms with Gasteiger partial charge in [-0.25, -0.2) is 9.97 Å². The summed E-state index contributed by atoms with van der Waals surface area (Å²) in [6, 6.07) is 7.94. The van der Waals surface area contributed by atoms with E-state index in [4.69, 9.17) is 0 Å². The van der Waals surface area contributed by atoms with Gasteiger partial charge in [-0.3, -0.25) is 0 Å². The molecule has 0 aliphatic carbocycles. The highest BCUT2D eigenvalue weighted by molar-refractivity contribution is 5.86. The lowest BCUT2D eigenvalue weighted by Crippen LogP contribution is -2.09. The fourth-order valence-electron chi connectivity index (χ4n) is 2.26. The first-order valence-electron chi connectivity index (χ1n) is 7.10. The molecule has 0 spiro atoms. The Balaban J connectivity index is 2.21. The molecule has 21 heavy (non-hydrogen) atoms. The summed E-state index contributed by atoms with van der Waals surface area (Å²) in [6.45, 7) is 6.76. The van der Waals surface area contributed by atoms with Gasteiger partial charge in [-0.2, -0.15) is 9.67 Å². The topological polar surface area (TPSA) is 68.5 Å². The van der Waals surface area contributed by atoms with Crippen LogP contribution in [0.15, 0.2) is 24.3 Å². The molecule has 0 saturated heterocycles. The van der Waals surface area contributed by atoms with E-state index in [1.807, 2.05) is 38.1 Å². The summed E-state index contributed by atoms with van der Waals surface area (Å²) < 4.78 is 1.77. The molecule has 6 heteroatoms. The Morgan fingerprint density at radius 1 is 1.10 bits per heavy atom. The van der Waals surface area contributed by atoms with Crippen LogP contribution < -0.4 is 5.32 Å². The van der Waals surface area contributed by atoms with Gasteiger partial charge in [0.25, 0.3) is 0 Å². The second-order valence-electron chi connectivity index (χ2n) is 4.93. The summed E-state index contributed by atoms with van der Waals surface area (Å²) in [7, 11) is 0. The summed E-state index contributed by atoms with van der Waals surface area (Å²) in [5, 5.41) is 8.64. The van der Waals surface area contributed by atoms with Gasteiger partial charge in [-0.15, -0.1) is 5.10 Å². The summed E-state index contributed by atoms with van der Waals surface area (Å²) in [5.41, 5.74) is 0.897. The fraction of sp³-hybridized carbons (Fsp3) is 0.333. The van der Waals surface area contributed by atoms with Gasteiger partial charge in [0.15, 0.2) is 5.82 Å². The molecule has 0 aliphatic rings. The van der Waals surface area contributed by atoms with E-state index in [1.54, 1.807) is 4.68 Å². The largest absolute Gasteiger partial charge is 0.354 e. The summed E-state index contributed by atoms with van der Waals surface area (Å²) >= 11 is 0. The van der Waals surface area contributed by atoms with E-state index in [2.05, 4.69) is 32.3 Å². The minimum atomic E-state index is 0.623. The maximum atomic E-state index is 4.62. The lowest BCUT2D eigenvalue weighted by molar-refractivity contribution is 0.806. The molecular weight excluding hydrogens is 264 g/mol. The molecule has 0 radical (unpaired) electrons. The Kier molecular flexibility index (Phi) is 3.51. The van der Waals surface area contributed by atoms with Gasteiger partial charge < -0.3 is 5.32 Å². The van der Waals surface area contributed by atoms with Crippen LogP contribution in [0.3, 0.4) is 0 Å². The van der Waals surface area contributed by atoms with Crippen LogP contribution >= 0.6 is 0 Å². The van der Waals surface area contributed by atoms with Crippen molar-refractivity contribution in [1.29, 1.82) is 0 Å². The quantitative estimate of drug-likeness (QED) is 0.796. The number of hydrogen-bond acceptors (Lipinski definition) is 5. The summed E-state index contributed by atoms with van der Waals surface area (Å²) in [6.07, 6.45) is 1.02. The van der Waals surface area contributed by atoms with Crippen molar-refractivity contribution in [2.24, 2.45) is 0 Å². The molecule has 3 rings (SSSR count). The van der Waals surface area contributed by atoms with E-state index >= 15 is 0 Å². The Hall–Kier alpha value is -2.50. The zero-order valence-electron chi connectivity index (χ0n) is 12.5. The third kappa shape index (κ3) is 2.56. The minimum absolute atomic E-state index is 0.623. The van der Waals surface area contributed by atoms with Crippen LogP contribution in [-0.4, -0.2) is 31.3 Å². The minimum Gasteiger partial charge on any atom is -0.354 e. The van der Waals surface area contributed by atoms with E-state index in [0.717, 1.165) is 41.3 Å². The van der Waals surface area contributed by atoms with Crippen molar-refractivity contribution in [2.45, 2.75) is 27.2 Å². The molecule has 0 fully saturated rings. The van der Waals surface area contributed by atoms with Crippen LogP contribution in [0.25, 0.3) is 16.7 Å². The van der Waals surface area contributed by atoms with Crippen molar-refractivity contribution in [3.05, 3.63) is 35.9 Å². The second-order valence-corrected chi connectivity index (χ2v) is 4.93. The zero-order valence-corrected chi connectivity index (χ0v) is 12.5. The molecule has 2 aromatic heterocycles. The third-order valence-corrected chi connectivity index (χ3v) is 3.19. The molecule has 1 aromatic carbocycles.